The van der Waals surface area contributed by atoms with E-state index in [4.69, 9.17) is 9.73 Å². The number of fused-ring (bicyclic) bond motifs is 1. The van der Waals surface area contributed by atoms with Crippen molar-refractivity contribution >= 4 is 23.2 Å². The van der Waals surface area contributed by atoms with Crippen molar-refractivity contribution in [3.05, 3.63) is 40.6 Å². The molecular formula is C25H32N2O3. The number of carbonyl (C=O) groups is 2. The third-order valence-electron chi connectivity index (χ3n) is 6.66. The molecule has 160 valence electrons. The van der Waals surface area contributed by atoms with Crippen molar-refractivity contribution < 1.29 is 14.3 Å². The summed E-state index contributed by atoms with van der Waals surface area (Å²) in [5.74, 6) is -1.04. The van der Waals surface area contributed by atoms with Crippen molar-refractivity contribution in [2.75, 3.05) is 25.1 Å². The van der Waals surface area contributed by atoms with Gasteiger partial charge in [0.05, 0.1) is 6.61 Å². The molecule has 0 saturated heterocycles. The second-order valence-electron chi connectivity index (χ2n) is 9.68. The van der Waals surface area contributed by atoms with Gasteiger partial charge < -0.3 is 9.64 Å². The highest BCUT2D eigenvalue weighted by Crippen LogP contribution is 2.48. The molecule has 2 heterocycles. The Labute approximate surface area is 179 Å². The van der Waals surface area contributed by atoms with Crippen molar-refractivity contribution in [3.8, 4) is 0 Å². The number of nitrogens with zero attached hydrogens (tertiary/aromatic N) is 2. The fraction of sp³-hybridized carbons (Fsp3) is 0.560. The van der Waals surface area contributed by atoms with Gasteiger partial charge in [-0.25, -0.2) is 0 Å². The third-order valence-corrected chi connectivity index (χ3v) is 6.66. The van der Waals surface area contributed by atoms with Crippen LogP contribution in [0.2, 0.25) is 0 Å². The molecule has 1 aromatic rings. The molecule has 0 aromatic heterocycles. The van der Waals surface area contributed by atoms with Crippen LogP contribution < -0.4 is 4.90 Å². The number of benzene rings is 1. The maximum Gasteiger partial charge on any atom is 0.315 e. The van der Waals surface area contributed by atoms with Crippen LogP contribution in [0.4, 0.5) is 5.69 Å². The monoisotopic (exact) mass is 408 g/mol. The largest absolute Gasteiger partial charge is 0.465 e. The van der Waals surface area contributed by atoms with Crippen LogP contribution in [0.15, 0.2) is 34.5 Å². The molecule has 2 atom stereocenters. The lowest BCUT2D eigenvalue weighted by molar-refractivity contribution is -0.146. The standard InChI is InChI=1S/C25H32N2O3/c1-6-30-24(29)21-15(2)26-18-13-25(3,4)14-20(28)23(18)22(21)17-9-10-19-16(12-17)8-7-11-27(19)5/h9-10,12,21-22H,6-8,11,13-14H2,1-5H3/t21?,22-/m0/s1. The summed E-state index contributed by atoms with van der Waals surface area (Å²) in [6.07, 6.45) is 3.37. The Morgan fingerprint density at radius 2 is 2.07 bits per heavy atom. The van der Waals surface area contributed by atoms with Crippen molar-refractivity contribution in [1.82, 2.24) is 0 Å². The number of Topliss-reactive ketones (excluding diaryl/α,β-unsaturated/α-hetero) is 1. The van der Waals surface area contributed by atoms with Crippen LogP contribution in [0.3, 0.4) is 0 Å². The molecule has 30 heavy (non-hydrogen) atoms. The van der Waals surface area contributed by atoms with Crippen molar-refractivity contribution in [2.45, 2.75) is 59.3 Å². The summed E-state index contributed by atoms with van der Waals surface area (Å²) in [5.41, 5.74) is 5.77. The molecule has 0 bridgehead atoms. The van der Waals surface area contributed by atoms with Crippen molar-refractivity contribution in [3.63, 3.8) is 0 Å². The van der Waals surface area contributed by atoms with Crippen LogP contribution in [-0.2, 0) is 20.7 Å². The molecule has 1 unspecified atom stereocenters. The predicted molar refractivity (Wildman–Crippen MR) is 119 cm³/mol. The van der Waals surface area contributed by atoms with Crippen LogP contribution in [0, 0.1) is 11.3 Å². The average molecular weight is 409 g/mol. The SMILES string of the molecule is CCOC(=O)C1C(C)=NC2=C(C(=O)CC(C)(C)C2)[C@H]1c1ccc2c(c1)CCCN2C. The number of aryl methyl sites for hydroxylation is 1. The van der Waals surface area contributed by atoms with Crippen LogP contribution in [0.1, 0.15) is 64.0 Å². The van der Waals surface area contributed by atoms with E-state index in [1.807, 2.05) is 13.8 Å². The van der Waals surface area contributed by atoms with E-state index in [9.17, 15) is 9.59 Å². The van der Waals surface area contributed by atoms with Gasteiger partial charge in [0.15, 0.2) is 5.78 Å². The normalized spacial score (nSPS) is 25.4. The van der Waals surface area contributed by atoms with Crippen LogP contribution in [0.5, 0.6) is 0 Å². The summed E-state index contributed by atoms with van der Waals surface area (Å²) in [6.45, 7) is 9.31. The molecule has 0 N–H and O–H groups in total. The fourth-order valence-corrected chi connectivity index (χ4v) is 5.34. The first-order valence-corrected chi connectivity index (χ1v) is 11.0. The van der Waals surface area contributed by atoms with E-state index in [2.05, 4.69) is 44.0 Å². The van der Waals surface area contributed by atoms with Gasteiger partial charge in [0.1, 0.15) is 5.92 Å². The first-order valence-electron chi connectivity index (χ1n) is 11.0. The Balaban J connectivity index is 1.86. The van der Waals surface area contributed by atoms with E-state index in [0.717, 1.165) is 48.4 Å². The maximum absolute atomic E-state index is 13.3. The number of ether oxygens (including phenoxy) is 1. The summed E-state index contributed by atoms with van der Waals surface area (Å²) in [5, 5.41) is 0. The third kappa shape index (κ3) is 3.59. The molecule has 0 fully saturated rings. The van der Waals surface area contributed by atoms with Gasteiger partial charge in [-0.15, -0.1) is 0 Å². The molecule has 5 heteroatoms. The van der Waals surface area contributed by atoms with E-state index in [1.54, 1.807) is 0 Å². The molecule has 1 aliphatic carbocycles. The Kier molecular flexibility index (Phi) is 5.33. The van der Waals surface area contributed by atoms with Gasteiger partial charge in [0.25, 0.3) is 0 Å². The van der Waals surface area contributed by atoms with Gasteiger partial charge in [-0.05, 0) is 55.7 Å². The number of hydrogen-bond acceptors (Lipinski definition) is 5. The second-order valence-corrected chi connectivity index (χ2v) is 9.68. The molecule has 0 radical (unpaired) electrons. The minimum absolute atomic E-state index is 0.112. The topological polar surface area (TPSA) is 59.0 Å². The molecule has 4 rings (SSSR count). The molecule has 1 aromatic carbocycles. The second kappa shape index (κ2) is 7.68. The summed E-state index contributed by atoms with van der Waals surface area (Å²) in [4.78, 5) is 33.4. The smallest absolute Gasteiger partial charge is 0.315 e. The Hall–Kier alpha value is -2.43. The number of ketones is 1. The zero-order chi connectivity index (χ0) is 21.6. The molecule has 3 aliphatic rings. The average Bonchev–Trinajstić information content (AvgIpc) is 2.66. The molecule has 5 nitrogen and oxygen atoms in total. The lowest BCUT2D eigenvalue weighted by Gasteiger charge is -2.39. The Bertz CT molecular complexity index is 957. The molecule has 0 spiro atoms. The van der Waals surface area contributed by atoms with Crippen LogP contribution >= 0.6 is 0 Å². The lowest BCUT2D eigenvalue weighted by Crippen LogP contribution is -2.39. The molecule has 0 saturated carbocycles. The van der Waals surface area contributed by atoms with E-state index in [1.165, 1.54) is 11.3 Å². The predicted octanol–water partition coefficient (Wildman–Crippen LogP) is 4.45. The highest BCUT2D eigenvalue weighted by molar-refractivity contribution is 6.09. The highest BCUT2D eigenvalue weighted by atomic mass is 16.5. The number of allylic oxidation sites excluding steroid dienone is 2. The Morgan fingerprint density at radius 1 is 1.30 bits per heavy atom. The molecule has 2 aliphatic heterocycles. The fourth-order valence-electron chi connectivity index (χ4n) is 5.34. The van der Waals surface area contributed by atoms with Gasteiger partial charge in [-0.2, -0.15) is 0 Å². The van der Waals surface area contributed by atoms with Gasteiger partial charge in [0.2, 0.25) is 0 Å². The Morgan fingerprint density at radius 3 is 2.80 bits per heavy atom. The number of anilines is 1. The lowest BCUT2D eigenvalue weighted by atomic mass is 9.66. The number of hydrogen-bond donors (Lipinski definition) is 0. The minimum Gasteiger partial charge on any atom is -0.465 e. The number of aliphatic imine (C=N–C) groups is 1. The van der Waals surface area contributed by atoms with E-state index in [-0.39, 0.29) is 23.1 Å². The first-order chi connectivity index (χ1) is 14.2. The zero-order valence-corrected chi connectivity index (χ0v) is 18.7. The number of rotatable bonds is 3. The quantitative estimate of drug-likeness (QED) is 0.694. The van der Waals surface area contributed by atoms with Crippen LogP contribution in [-0.4, -0.2) is 37.7 Å². The summed E-state index contributed by atoms with van der Waals surface area (Å²) >= 11 is 0. The number of esters is 1. The highest BCUT2D eigenvalue weighted by Gasteiger charge is 2.46. The van der Waals surface area contributed by atoms with Gasteiger partial charge >= 0.3 is 5.97 Å². The number of carbonyl (C=O) groups excluding carboxylic acids is 2. The van der Waals surface area contributed by atoms with Gasteiger partial charge in [0, 0.05) is 48.6 Å². The van der Waals surface area contributed by atoms with Crippen molar-refractivity contribution in [2.24, 2.45) is 16.3 Å². The maximum atomic E-state index is 13.3. The summed E-state index contributed by atoms with van der Waals surface area (Å²) in [7, 11) is 2.11. The summed E-state index contributed by atoms with van der Waals surface area (Å²) in [6, 6.07) is 6.44. The van der Waals surface area contributed by atoms with E-state index in [0.29, 0.717) is 13.0 Å². The molecular weight excluding hydrogens is 376 g/mol. The van der Waals surface area contributed by atoms with E-state index >= 15 is 0 Å². The van der Waals surface area contributed by atoms with Gasteiger partial charge in [-0.3, -0.25) is 14.6 Å². The zero-order valence-electron chi connectivity index (χ0n) is 18.7. The molecule has 0 amide bonds. The van der Waals surface area contributed by atoms with E-state index < -0.39 is 5.92 Å². The van der Waals surface area contributed by atoms with Crippen molar-refractivity contribution in [1.29, 1.82) is 0 Å². The summed E-state index contributed by atoms with van der Waals surface area (Å²) < 4.78 is 5.43. The first kappa shape index (κ1) is 20.8. The minimum atomic E-state index is -0.548. The van der Waals surface area contributed by atoms with Gasteiger partial charge in [-0.1, -0.05) is 26.0 Å². The van der Waals surface area contributed by atoms with Crippen LogP contribution in [0.25, 0.3) is 0 Å².